The second-order valence-electron chi connectivity index (χ2n) is 7.25. The second-order valence-corrected chi connectivity index (χ2v) is 7.25. The minimum Gasteiger partial charge on any atom is -0.339 e. The van der Waals surface area contributed by atoms with Gasteiger partial charge in [0.05, 0.1) is 5.41 Å². The van der Waals surface area contributed by atoms with Crippen molar-refractivity contribution in [2.24, 2.45) is 23.0 Å². The van der Waals surface area contributed by atoms with Gasteiger partial charge in [-0.2, -0.15) is 0 Å². The maximum absolute atomic E-state index is 12.9. The van der Waals surface area contributed by atoms with Crippen molar-refractivity contribution in [3.8, 4) is 0 Å². The molecule has 1 amide bonds. The molecule has 1 aliphatic heterocycles. The van der Waals surface area contributed by atoms with Crippen LogP contribution in [0.3, 0.4) is 0 Å². The zero-order valence-electron chi connectivity index (χ0n) is 12.2. The lowest BCUT2D eigenvalue weighted by Gasteiger charge is -2.47. The summed E-state index contributed by atoms with van der Waals surface area (Å²) in [5.74, 6) is 1.85. The van der Waals surface area contributed by atoms with Gasteiger partial charge < -0.3 is 10.6 Å². The Hall–Kier alpha value is -0.570. The van der Waals surface area contributed by atoms with E-state index in [9.17, 15) is 4.79 Å². The third-order valence-corrected chi connectivity index (χ3v) is 5.83. The first-order chi connectivity index (χ1) is 9.16. The van der Waals surface area contributed by atoms with Crippen molar-refractivity contribution in [1.82, 2.24) is 4.90 Å². The van der Waals surface area contributed by atoms with Gasteiger partial charge in [-0.1, -0.05) is 19.8 Å². The lowest BCUT2D eigenvalue weighted by molar-refractivity contribution is -0.151. The number of nitrogens with zero attached hydrogens (tertiary/aromatic N) is 1. The van der Waals surface area contributed by atoms with Crippen LogP contribution in [0.2, 0.25) is 0 Å². The summed E-state index contributed by atoms with van der Waals surface area (Å²) in [4.78, 5) is 15.2. The number of rotatable bonds is 3. The predicted octanol–water partition coefficient (Wildman–Crippen LogP) is 2.54. The van der Waals surface area contributed by atoms with Crippen molar-refractivity contribution >= 4 is 5.91 Å². The molecule has 108 valence electrons. The van der Waals surface area contributed by atoms with E-state index in [1.54, 1.807) is 0 Å². The number of hydrogen-bond donors (Lipinski definition) is 1. The van der Waals surface area contributed by atoms with Crippen LogP contribution in [0.4, 0.5) is 0 Å². The fraction of sp³-hybridized carbons (Fsp3) is 0.938. The number of nitrogens with two attached hydrogens (primary N) is 1. The van der Waals surface area contributed by atoms with Gasteiger partial charge >= 0.3 is 0 Å². The van der Waals surface area contributed by atoms with Crippen LogP contribution in [0.1, 0.15) is 58.3 Å². The van der Waals surface area contributed by atoms with Crippen LogP contribution in [0.5, 0.6) is 0 Å². The molecule has 3 aliphatic rings. The highest BCUT2D eigenvalue weighted by molar-refractivity contribution is 5.84. The molecule has 19 heavy (non-hydrogen) atoms. The van der Waals surface area contributed by atoms with E-state index in [4.69, 9.17) is 5.73 Å². The Bertz CT molecular complexity index is 343. The van der Waals surface area contributed by atoms with Crippen molar-refractivity contribution in [3.05, 3.63) is 0 Å². The molecule has 3 heteroatoms. The first-order valence-electron chi connectivity index (χ1n) is 8.17. The van der Waals surface area contributed by atoms with Crippen LogP contribution < -0.4 is 5.73 Å². The largest absolute Gasteiger partial charge is 0.339 e. The molecule has 0 radical (unpaired) electrons. The number of hydrogen-bond acceptors (Lipinski definition) is 2. The fourth-order valence-electron chi connectivity index (χ4n) is 4.88. The molecule has 1 heterocycles. The highest BCUT2D eigenvalue weighted by atomic mass is 16.2. The number of carbonyl (C=O) groups excluding carboxylic acids is 1. The molecule has 2 N–H and O–H groups in total. The molecule has 0 aromatic rings. The maximum Gasteiger partial charge on any atom is 0.230 e. The van der Waals surface area contributed by atoms with E-state index < -0.39 is 0 Å². The topological polar surface area (TPSA) is 46.3 Å². The van der Waals surface area contributed by atoms with Crippen LogP contribution in [-0.4, -0.2) is 29.9 Å². The monoisotopic (exact) mass is 264 g/mol. The Kier molecular flexibility index (Phi) is 3.59. The third kappa shape index (κ3) is 2.20. The minimum atomic E-state index is -0.194. The molecule has 3 fully saturated rings. The summed E-state index contributed by atoms with van der Waals surface area (Å²) >= 11 is 0. The minimum absolute atomic E-state index is 0.194. The van der Waals surface area contributed by atoms with Crippen molar-refractivity contribution < 1.29 is 4.79 Å². The van der Waals surface area contributed by atoms with Gasteiger partial charge in [-0.25, -0.2) is 0 Å². The Morgan fingerprint density at radius 2 is 1.89 bits per heavy atom. The van der Waals surface area contributed by atoms with Crippen LogP contribution >= 0.6 is 0 Å². The molecule has 0 aromatic heterocycles. The Labute approximate surface area is 116 Å². The van der Waals surface area contributed by atoms with E-state index in [1.807, 2.05) is 0 Å². The summed E-state index contributed by atoms with van der Waals surface area (Å²) in [5.41, 5.74) is 5.76. The molecule has 0 spiro atoms. The first-order valence-corrected chi connectivity index (χ1v) is 8.17. The molecule has 1 atom stereocenters. The lowest BCUT2D eigenvalue weighted by atomic mass is 9.61. The van der Waals surface area contributed by atoms with Gasteiger partial charge in [0.25, 0.3) is 0 Å². The summed E-state index contributed by atoms with van der Waals surface area (Å²) in [6.07, 6.45) is 9.84. The molecule has 2 aliphatic carbocycles. The van der Waals surface area contributed by atoms with E-state index in [1.165, 1.54) is 38.5 Å². The average Bonchev–Trinajstić information content (AvgIpc) is 3.02. The van der Waals surface area contributed by atoms with E-state index in [-0.39, 0.29) is 5.41 Å². The molecule has 2 saturated carbocycles. The Balaban J connectivity index is 1.71. The Morgan fingerprint density at radius 1 is 1.21 bits per heavy atom. The second kappa shape index (κ2) is 5.08. The molecule has 0 bridgehead atoms. The smallest absolute Gasteiger partial charge is 0.230 e. The third-order valence-electron chi connectivity index (χ3n) is 5.83. The van der Waals surface area contributed by atoms with Crippen molar-refractivity contribution in [2.45, 2.75) is 64.3 Å². The van der Waals surface area contributed by atoms with Crippen molar-refractivity contribution in [2.75, 3.05) is 13.1 Å². The summed E-state index contributed by atoms with van der Waals surface area (Å²) < 4.78 is 0. The molecule has 3 nitrogen and oxygen atoms in total. The molecule has 0 aromatic carbocycles. The molecular formula is C16H28N2O. The number of likely N-dealkylation sites (tertiary alicyclic amines) is 1. The van der Waals surface area contributed by atoms with Gasteiger partial charge in [0.1, 0.15) is 0 Å². The lowest BCUT2D eigenvalue weighted by Crippen LogP contribution is -2.56. The predicted molar refractivity (Wildman–Crippen MR) is 76.6 cm³/mol. The van der Waals surface area contributed by atoms with Crippen LogP contribution in [0, 0.1) is 17.3 Å². The van der Waals surface area contributed by atoms with Gasteiger partial charge in [0.15, 0.2) is 0 Å². The van der Waals surface area contributed by atoms with E-state index >= 15 is 0 Å². The molecule has 3 rings (SSSR count). The summed E-state index contributed by atoms with van der Waals surface area (Å²) in [5, 5.41) is 0. The average molecular weight is 264 g/mol. The first kappa shape index (κ1) is 13.4. The highest BCUT2D eigenvalue weighted by Crippen LogP contribution is 2.48. The standard InChI is InChI=1S/C16H28N2O/c1-12-9-16(10-12,11-17)15(19)18-8-4-7-14(18)13-5-2-3-6-13/h12-14H,2-11,17H2,1H3. The van der Waals surface area contributed by atoms with Gasteiger partial charge in [-0.3, -0.25) is 4.79 Å². The molecule has 1 unspecified atom stereocenters. The molecule has 1 saturated heterocycles. The SMILES string of the molecule is CC1CC(CN)(C(=O)N2CCCC2C2CCCC2)C1. The van der Waals surface area contributed by atoms with Crippen molar-refractivity contribution in [3.63, 3.8) is 0 Å². The number of carbonyl (C=O) groups is 1. The quantitative estimate of drug-likeness (QED) is 0.851. The van der Waals surface area contributed by atoms with Gasteiger partial charge in [0, 0.05) is 19.1 Å². The van der Waals surface area contributed by atoms with Gasteiger partial charge in [0.2, 0.25) is 5.91 Å². The summed E-state index contributed by atoms with van der Waals surface area (Å²) in [7, 11) is 0. The van der Waals surface area contributed by atoms with E-state index in [0.29, 0.717) is 24.4 Å². The van der Waals surface area contributed by atoms with Crippen molar-refractivity contribution in [1.29, 1.82) is 0 Å². The van der Waals surface area contributed by atoms with E-state index in [0.717, 1.165) is 25.3 Å². The van der Waals surface area contributed by atoms with Gasteiger partial charge in [-0.05, 0) is 50.4 Å². The number of amides is 1. The summed E-state index contributed by atoms with van der Waals surface area (Å²) in [6.45, 7) is 3.76. The van der Waals surface area contributed by atoms with E-state index in [2.05, 4.69) is 11.8 Å². The van der Waals surface area contributed by atoms with Gasteiger partial charge in [-0.15, -0.1) is 0 Å². The zero-order chi connectivity index (χ0) is 13.5. The van der Waals surface area contributed by atoms with Crippen LogP contribution in [0.25, 0.3) is 0 Å². The van der Waals surface area contributed by atoms with Crippen LogP contribution in [0.15, 0.2) is 0 Å². The highest BCUT2D eigenvalue weighted by Gasteiger charge is 2.51. The zero-order valence-corrected chi connectivity index (χ0v) is 12.2. The fourth-order valence-corrected chi connectivity index (χ4v) is 4.88. The summed E-state index contributed by atoms with van der Waals surface area (Å²) in [6, 6.07) is 0.536. The maximum atomic E-state index is 12.9. The normalized spacial score (nSPS) is 39.6. The molecular weight excluding hydrogens is 236 g/mol. The van der Waals surface area contributed by atoms with Crippen LogP contribution in [-0.2, 0) is 4.79 Å². The Morgan fingerprint density at radius 3 is 2.47 bits per heavy atom.